The maximum Gasteiger partial charge on any atom is 0.153 e. The van der Waals surface area contributed by atoms with Gasteiger partial charge >= 0.3 is 0 Å². The number of rotatable bonds is 0. The molecule has 0 aromatic heterocycles. The van der Waals surface area contributed by atoms with E-state index in [1.165, 1.54) is 5.57 Å². The van der Waals surface area contributed by atoms with Crippen LogP contribution in [0.1, 0.15) is 26.7 Å². The summed E-state index contributed by atoms with van der Waals surface area (Å²) in [4.78, 5) is 24.0. The van der Waals surface area contributed by atoms with Crippen molar-refractivity contribution in [1.29, 1.82) is 0 Å². The van der Waals surface area contributed by atoms with Crippen molar-refractivity contribution < 1.29 is 9.59 Å². The molecule has 3 aliphatic rings. The molecular formula is C12H14O2. The van der Waals surface area contributed by atoms with Crippen LogP contribution in [-0.2, 0) is 9.59 Å². The zero-order valence-electron chi connectivity index (χ0n) is 8.54. The molecule has 0 unspecified atom stereocenters. The predicted octanol–water partition coefficient (Wildman–Crippen LogP) is 1.75. The van der Waals surface area contributed by atoms with Crippen LogP contribution >= 0.6 is 0 Å². The van der Waals surface area contributed by atoms with Gasteiger partial charge in [-0.3, -0.25) is 9.59 Å². The Morgan fingerprint density at radius 1 is 1.43 bits per heavy atom. The van der Waals surface area contributed by atoms with Gasteiger partial charge in [0.15, 0.2) is 5.78 Å². The standard InChI is InChI=1S/C12H14O2/c1-6-3-7-4-10(13)12(2)9(7)5-8(6)11(12)14/h3,7-9H,4-5H2,1-2H3/t7-,8+,9-,12-/m0/s1. The molecule has 2 bridgehead atoms. The summed E-state index contributed by atoms with van der Waals surface area (Å²) >= 11 is 0. The number of carbonyl (C=O) groups excluding carboxylic acids is 2. The third-order valence-corrected chi connectivity index (χ3v) is 4.60. The summed E-state index contributed by atoms with van der Waals surface area (Å²) in [6.07, 6.45) is 3.69. The number of fused-ring (bicyclic) bond motifs is 1. The van der Waals surface area contributed by atoms with Crippen LogP contribution in [0.4, 0.5) is 0 Å². The summed E-state index contributed by atoms with van der Waals surface area (Å²) in [6.45, 7) is 3.90. The van der Waals surface area contributed by atoms with Crippen molar-refractivity contribution in [2.24, 2.45) is 23.2 Å². The van der Waals surface area contributed by atoms with Gasteiger partial charge in [-0.15, -0.1) is 0 Å². The van der Waals surface area contributed by atoms with Gasteiger partial charge in [-0.05, 0) is 32.1 Å². The topological polar surface area (TPSA) is 34.1 Å². The highest BCUT2D eigenvalue weighted by atomic mass is 16.2. The number of ketones is 2. The fourth-order valence-corrected chi connectivity index (χ4v) is 3.68. The van der Waals surface area contributed by atoms with E-state index in [2.05, 4.69) is 6.08 Å². The van der Waals surface area contributed by atoms with Crippen molar-refractivity contribution in [2.75, 3.05) is 0 Å². The van der Waals surface area contributed by atoms with Gasteiger partial charge in [-0.1, -0.05) is 11.6 Å². The molecule has 3 rings (SSSR count). The summed E-state index contributed by atoms with van der Waals surface area (Å²) in [7, 11) is 0. The Kier molecular flexibility index (Phi) is 1.31. The number of carbonyl (C=O) groups is 2. The molecule has 0 saturated heterocycles. The molecule has 0 radical (unpaired) electrons. The molecule has 2 saturated carbocycles. The van der Waals surface area contributed by atoms with Gasteiger partial charge in [0.2, 0.25) is 0 Å². The second-order valence-corrected chi connectivity index (χ2v) is 5.16. The lowest BCUT2D eigenvalue weighted by Gasteiger charge is -2.22. The summed E-state index contributed by atoms with van der Waals surface area (Å²) in [5, 5.41) is 0. The van der Waals surface area contributed by atoms with Gasteiger partial charge in [0.25, 0.3) is 0 Å². The molecule has 2 nitrogen and oxygen atoms in total. The predicted molar refractivity (Wildman–Crippen MR) is 51.6 cm³/mol. The molecule has 2 heteroatoms. The first-order valence-corrected chi connectivity index (χ1v) is 5.31. The van der Waals surface area contributed by atoms with E-state index in [1.54, 1.807) is 0 Å². The average Bonchev–Trinajstić information content (AvgIpc) is 2.50. The Morgan fingerprint density at radius 2 is 2.14 bits per heavy atom. The van der Waals surface area contributed by atoms with E-state index in [-0.39, 0.29) is 17.5 Å². The molecular weight excluding hydrogens is 176 g/mol. The van der Waals surface area contributed by atoms with Crippen LogP contribution in [-0.4, -0.2) is 11.6 Å². The van der Waals surface area contributed by atoms with E-state index in [1.807, 2.05) is 13.8 Å². The van der Waals surface area contributed by atoms with Gasteiger partial charge in [0, 0.05) is 12.3 Å². The largest absolute Gasteiger partial charge is 0.299 e. The van der Waals surface area contributed by atoms with Crippen LogP contribution in [0.2, 0.25) is 0 Å². The first-order valence-electron chi connectivity index (χ1n) is 5.31. The van der Waals surface area contributed by atoms with E-state index in [9.17, 15) is 9.59 Å². The van der Waals surface area contributed by atoms with Crippen LogP contribution in [0.5, 0.6) is 0 Å². The summed E-state index contributed by atoms with van der Waals surface area (Å²) in [6, 6.07) is 0. The first kappa shape index (κ1) is 8.39. The van der Waals surface area contributed by atoms with Crippen molar-refractivity contribution in [3.63, 3.8) is 0 Å². The number of allylic oxidation sites excluding steroid dienone is 2. The van der Waals surface area contributed by atoms with Crippen LogP contribution < -0.4 is 0 Å². The van der Waals surface area contributed by atoms with E-state index in [4.69, 9.17) is 0 Å². The molecule has 0 aliphatic heterocycles. The van der Waals surface area contributed by atoms with Crippen LogP contribution in [0.25, 0.3) is 0 Å². The Balaban J connectivity index is 2.22. The highest BCUT2D eigenvalue weighted by molar-refractivity contribution is 6.12. The van der Waals surface area contributed by atoms with Crippen molar-refractivity contribution in [3.8, 4) is 0 Å². The average molecular weight is 190 g/mol. The number of hydrogen-bond acceptors (Lipinski definition) is 2. The quantitative estimate of drug-likeness (QED) is 0.431. The highest BCUT2D eigenvalue weighted by Crippen LogP contribution is 2.59. The van der Waals surface area contributed by atoms with Crippen LogP contribution in [0.3, 0.4) is 0 Å². The molecule has 0 heterocycles. The molecule has 2 fully saturated rings. The van der Waals surface area contributed by atoms with E-state index in [0.717, 1.165) is 6.42 Å². The molecule has 0 N–H and O–H groups in total. The van der Waals surface area contributed by atoms with Crippen molar-refractivity contribution in [2.45, 2.75) is 26.7 Å². The maximum absolute atomic E-state index is 12.1. The fraction of sp³-hybridized carbons (Fsp3) is 0.667. The second kappa shape index (κ2) is 2.18. The SMILES string of the molecule is CC1=C[C@H]2CC(=O)[C@@]3(C)C(=O)[C@@H]1C[C@@H]23. The lowest BCUT2D eigenvalue weighted by atomic mass is 9.79. The van der Waals surface area contributed by atoms with Gasteiger partial charge in [0.05, 0.1) is 5.41 Å². The van der Waals surface area contributed by atoms with Gasteiger partial charge in [-0.2, -0.15) is 0 Å². The molecule has 0 aromatic rings. The van der Waals surface area contributed by atoms with E-state index >= 15 is 0 Å². The Hall–Kier alpha value is -0.920. The summed E-state index contributed by atoms with van der Waals surface area (Å²) < 4.78 is 0. The lowest BCUT2D eigenvalue weighted by Crippen LogP contribution is -2.33. The zero-order chi connectivity index (χ0) is 10.1. The maximum atomic E-state index is 12.1. The van der Waals surface area contributed by atoms with Crippen molar-refractivity contribution >= 4 is 11.6 Å². The Morgan fingerprint density at radius 3 is 2.86 bits per heavy atom. The fourth-order valence-electron chi connectivity index (χ4n) is 3.68. The molecule has 74 valence electrons. The minimum Gasteiger partial charge on any atom is -0.299 e. The van der Waals surface area contributed by atoms with Gasteiger partial charge in [-0.25, -0.2) is 0 Å². The van der Waals surface area contributed by atoms with Crippen molar-refractivity contribution in [3.05, 3.63) is 11.6 Å². The normalized spacial score (nSPS) is 49.9. The smallest absolute Gasteiger partial charge is 0.153 e. The Labute approximate surface area is 83.4 Å². The minimum atomic E-state index is -0.621. The molecule has 0 spiro atoms. The Bertz CT molecular complexity index is 380. The van der Waals surface area contributed by atoms with Crippen molar-refractivity contribution in [1.82, 2.24) is 0 Å². The van der Waals surface area contributed by atoms with E-state index in [0.29, 0.717) is 18.3 Å². The van der Waals surface area contributed by atoms with Crippen LogP contribution in [0, 0.1) is 23.2 Å². The summed E-state index contributed by atoms with van der Waals surface area (Å²) in [5.74, 6) is 1.11. The molecule has 0 amide bonds. The third kappa shape index (κ3) is 0.667. The number of Topliss-reactive ketones (excluding diaryl/α,β-unsaturated/α-hetero) is 2. The summed E-state index contributed by atoms with van der Waals surface area (Å²) in [5.41, 5.74) is 0.580. The second-order valence-electron chi connectivity index (χ2n) is 5.16. The lowest BCUT2D eigenvalue weighted by molar-refractivity contribution is -0.137. The zero-order valence-corrected chi connectivity index (χ0v) is 8.54. The molecule has 3 aliphatic carbocycles. The first-order chi connectivity index (χ1) is 6.55. The number of hydrogen-bond donors (Lipinski definition) is 0. The third-order valence-electron chi connectivity index (χ3n) is 4.60. The highest BCUT2D eigenvalue weighted by Gasteiger charge is 2.63. The molecule has 0 aromatic carbocycles. The molecule has 14 heavy (non-hydrogen) atoms. The van der Waals surface area contributed by atoms with E-state index < -0.39 is 5.41 Å². The van der Waals surface area contributed by atoms with Gasteiger partial charge < -0.3 is 0 Å². The minimum absolute atomic E-state index is 0.0606. The van der Waals surface area contributed by atoms with Crippen LogP contribution in [0.15, 0.2) is 11.6 Å². The molecule has 4 atom stereocenters. The van der Waals surface area contributed by atoms with Gasteiger partial charge in [0.1, 0.15) is 5.78 Å². The monoisotopic (exact) mass is 190 g/mol.